The zero-order chi connectivity index (χ0) is 16.5. The molecule has 0 aliphatic carbocycles. The molecule has 2 N–H and O–H groups in total. The van der Waals surface area contributed by atoms with E-state index in [2.05, 4.69) is 15.3 Å². The second kappa shape index (κ2) is 6.11. The summed E-state index contributed by atoms with van der Waals surface area (Å²) in [4.78, 5) is 20.1. The highest BCUT2D eigenvalue weighted by molar-refractivity contribution is 7.14. The topological polar surface area (TPSA) is 57.8 Å². The molecule has 4 nitrogen and oxygen atoms in total. The number of hydrogen-bond donors (Lipinski definition) is 2. The van der Waals surface area contributed by atoms with Crippen molar-refractivity contribution in [3.05, 3.63) is 70.7 Å². The fraction of sp³-hybridized carbons (Fsp3) is 0. The van der Waals surface area contributed by atoms with Crippen molar-refractivity contribution in [3.63, 3.8) is 0 Å². The number of halogens is 1. The van der Waals surface area contributed by atoms with Gasteiger partial charge in [-0.2, -0.15) is 0 Å². The maximum absolute atomic E-state index is 12.5. The van der Waals surface area contributed by atoms with Gasteiger partial charge in [0, 0.05) is 33.1 Å². The largest absolute Gasteiger partial charge is 0.360 e. The van der Waals surface area contributed by atoms with Crippen molar-refractivity contribution in [2.24, 2.45) is 0 Å². The van der Waals surface area contributed by atoms with Crippen LogP contribution in [0.3, 0.4) is 0 Å². The number of aromatic amines is 1. The predicted molar refractivity (Wildman–Crippen MR) is 98.8 cm³/mol. The first-order valence-corrected chi connectivity index (χ1v) is 8.55. The lowest BCUT2D eigenvalue weighted by molar-refractivity contribution is 0.102. The van der Waals surface area contributed by atoms with Gasteiger partial charge in [0.2, 0.25) is 0 Å². The molecule has 2 aromatic heterocycles. The summed E-state index contributed by atoms with van der Waals surface area (Å²) in [5, 5.41) is 6.91. The van der Waals surface area contributed by atoms with Crippen molar-refractivity contribution >= 4 is 44.9 Å². The second-order valence-corrected chi connectivity index (χ2v) is 6.54. The molecule has 4 aromatic rings. The molecule has 2 aromatic carbocycles. The van der Waals surface area contributed by atoms with E-state index in [0.717, 1.165) is 22.2 Å². The van der Waals surface area contributed by atoms with Gasteiger partial charge in [-0.25, -0.2) is 4.98 Å². The molecule has 0 bridgehead atoms. The van der Waals surface area contributed by atoms with Crippen molar-refractivity contribution < 1.29 is 4.79 Å². The number of aromatic nitrogens is 2. The Morgan fingerprint density at radius 3 is 2.75 bits per heavy atom. The number of thiazole rings is 1. The molecule has 0 atom stereocenters. The number of para-hydroxylation sites is 1. The Morgan fingerprint density at radius 1 is 1.12 bits per heavy atom. The molecule has 0 aliphatic rings. The highest BCUT2D eigenvalue weighted by Crippen LogP contribution is 2.27. The Balaban J connectivity index is 1.57. The first-order valence-electron chi connectivity index (χ1n) is 7.29. The minimum atomic E-state index is -0.176. The van der Waals surface area contributed by atoms with Crippen molar-refractivity contribution in [2.75, 3.05) is 5.32 Å². The van der Waals surface area contributed by atoms with Crippen LogP contribution in [0, 0.1) is 0 Å². The van der Waals surface area contributed by atoms with E-state index in [9.17, 15) is 4.79 Å². The first-order chi connectivity index (χ1) is 11.7. The fourth-order valence-electron chi connectivity index (χ4n) is 2.51. The van der Waals surface area contributed by atoms with Crippen LogP contribution in [0.4, 0.5) is 5.13 Å². The standard InChI is InChI=1S/C18H12ClN3OS/c19-12-7-5-11(6-8-12)16-10-24-18(21-16)22-17(23)14-9-20-15-4-2-1-3-13(14)15/h1-10,20H,(H,21,22,23). The SMILES string of the molecule is O=C(Nc1nc(-c2ccc(Cl)cc2)cs1)c1c[nH]c2ccccc12. The molecule has 0 saturated heterocycles. The number of benzene rings is 2. The predicted octanol–water partition coefficient (Wildman–Crippen LogP) is 5.20. The summed E-state index contributed by atoms with van der Waals surface area (Å²) in [6.45, 7) is 0. The molecule has 0 saturated carbocycles. The van der Waals surface area contributed by atoms with Gasteiger partial charge in [-0.1, -0.05) is 41.9 Å². The van der Waals surface area contributed by atoms with Gasteiger partial charge in [-0.15, -0.1) is 11.3 Å². The number of fused-ring (bicyclic) bond motifs is 1. The number of nitrogens with zero attached hydrogens (tertiary/aromatic N) is 1. The average Bonchev–Trinajstić information content (AvgIpc) is 3.22. The van der Waals surface area contributed by atoms with Gasteiger partial charge in [-0.05, 0) is 18.2 Å². The third kappa shape index (κ3) is 2.79. The van der Waals surface area contributed by atoms with Crippen LogP contribution < -0.4 is 5.32 Å². The molecule has 4 rings (SSSR count). The second-order valence-electron chi connectivity index (χ2n) is 5.25. The van der Waals surface area contributed by atoms with Crippen molar-refractivity contribution in [1.82, 2.24) is 9.97 Å². The van der Waals surface area contributed by atoms with Crippen LogP contribution in [-0.2, 0) is 0 Å². The number of anilines is 1. The van der Waals surface area contributed by atoms with Gasteiger partial charge >= 0.3 is 0 Å². The maximum Gasteiger partial charge on any atom is 0.259 e. The molecule has 0 radical (unpaired) electrons. The number of hydrogen-bond acceptors (Lipinski definition) is 3. The van der Waals surface area contributed by atoms with E-state index in [1.54, 1.807) is 6.20 Å². The smallest absolute Gasteiger partial charge is 0.259 e. The normalized spacial score (nSPS) is 10.9. The van der Waals surface area contributed by atoms with Crippen LogP contribution in [-0.4, -0.2) is 15.9 Å². The highest BCUT2D eigenvalue weighted by atomic mass is 35.5. The number of carbonyl (C=O) groups is 1. The molecule has 24 heavy (non-hydrogen) atoms. The summed E-state index contributed by atoms with van der Waals surface area (Å²) in [5.41, 5.74) is 3.31. The molecule has 118 valence electrons. The summed E-state index contributed by atoms with van der Waals surface area (Å²) < 4.78 is 0. The van der Waals surface area contributed by atoms with E-state index in [4.69, 9.17) is 11.6 Å². The van der Waals surface area contributed by atoms with E-state index in [-0.39, 0.29) is 5.91 Å². The minimum Gasteiger partial charge on any atom is -0.360 e. The van der Waals surface area contributed by atoms with Crippen LogP contribution in [0.1, 0.15) is 10.4 Å². The molecule has 6 heteroatoms. The molecule has 0 unspecified atom stereocenters. The number of H-pyrrole nitrogens is 1. The molecule has 2 heterocycles. The number of nitrogens with one attached hydrogen (secondary N) is 2. The number of rotatable bonds is 3. The molecule has 0 aliphatic heterocycles. The van der Waals surface area contributed by atoms with Crippen LogP contribution >= 0.6 is 22.9 Å². The van der Waals surface area contributed by atoms with E-state index < -0.39 is 0 Å². The molecular weight excluding hydrogens is 342 g/mol. The van der Waals surface area contributed by atoms with Crippen LogP contribution in [0.5, 0.6) is 0 Å². The Hall–Kier alpha value is -2.63. The van der Waals surface area contributed by atoms with E-state index in [1.807, 2.05) is 53.9 Å². The Labute approximate surface area is 147 Å². The van der Waals surface area contributed by atoms with E-state index >= 15 is 0 Å². The highest BCUT2D eigenvalue weighted by Gasteiger charge is 2.14. The van der Waals surface area contributed by atoms with Gasteiger partial charge < -0.3 is 4.98 Å². The van der Waals surface area contributed by atoms with Crippen molar-refractivity contribution in [3.8, 4) is 11.3 Å². The summed E-state index contributed by atoms with van der Waals surface area (Å²) in [6, 6.07) is 15.1. The van der Waals surface area contributed by atoms with Crippen LogP contribution in [0.25, 0.3) is 22.2 Å². The van der Waals surface area contributed by atoms with Crippen molar-refractivity contribution in [2.45, 2.75) is 0 Å². The van der Waals surface area contributed by atoms with Gasteiger partial charge in [0.05, 0.1) is 11.3 Å². The lowest BCUT2D eigenvalue weighted by Gasteiger charge is -2.00. The summed E-state index contributed by atoms with van der Waals surface area (Å²) in [7, 11) is 0. The van der Waals surface area contributed by atoms with Crippen molar-refractivity contribution in [1.29, 1.82) is 0 Å². The van der Waals surface area contributed by atoms with Crippen LogP contribution in [0.2, 0.25) is 5.02 Å². The maximum atomic E-state index is 12.5. The summed E-state index contributed by atoms with van der Waals surface area (Å²) in [5.74, 6) is -0.176. The van der Waals surface area contributed by atoms with Gasteiger partial charge in [0.15, 0.2) is 5.13 Å². The molecule has 0 fully saturated rings. The number of carbonyl (C=O) groups excluding carboxylic acids is 1. The third-order valence-corrected chi connectivity index (χ3v) is 4.71. The summed E-state index contributed by atoms with van der Waals surface area (Å²) >= 11 is 7.29. The lowest BCUT2D eigenvalue weighted by atomic mass is 10.1. The van der Waals surface area contributed by atoms with E-state index in [0.29, 0.717) is 15.7 Å². The van der Waals surface area contributed by atoms with Gasteiger partial charge in [0.25, 0.3) is 5.91 Å². The molecule has 1 amide bonds. The minimum absolute atomic E-state index is 0.176. The van der Waals surface area contributed by atoms with Gasteiger partial charge in [-0.3, -0.25) is 10.1 Å². The molecule has 0 spiro atoms. The monoisotopic (exact) mass is 353 g/mol. The van der Waals surface area contributed by atoms with Gasteiger partial charge in [0.1, 0.15) is 0 Å². The summed E-state index contributed by atoms with van der Waals surface area (Å²) in [6.07, 6.45) is 1.72. The average molecular weight is 354 g/mol. The zero-order valence-corrected chi connectivity index (χ0v) is 14.0. The Bertz CT molecular complexity index is 1020. The lowest BCUT2D eigenvalue weighted by Crippen LogP contribution is -2.11. The first kappa shape index (κ1) is 14.9. The fourth-order valence-corrected chi connectivity index (χ4v) is 3.35. The Morgan fingerprint density at radius 2 is 1.92 bits per heavy atom. The Kier molecular flexibility index (Phi) is 3.80. The van der Waals surface area contributed by atoms with Crippen LogP contribution in [0.15, 0.2) is 60.1 Å². The number of amides is 1. The zero-order valence-electron chi connectivity index (χ0n) is 12.4. The molecular formula is C18H12ClN3OS. The quantitative estimate of drug-likeness (QED) is 0.532. The van der Waals surface area contributed by atoms with E-state index in [1.165, 1.54) is 11.3 Å². The third-order valence-electron chi connectivity index (χ3n) is 3.70.